The average molecular weight is 455 g/mol. The summed E-state index contributed by atoms with van der Waals surface area (Å²) in [7, 11) is 0. The molecular weight excluding hydrogens is 433 g/mol. The van der Waals surface area contributed by atoms with Crippen LogP contribution in [-0.2, 0) is 30.4 Å². The third-order valence-corrected chi connectivity index (χ3v) is 3.29. The van der Waals surface area contributed by atoms with Crippen molar-refractivity contribution in [2.45, 2.75) is 49.2 Å². The van der Waals surface area contributed by atoms with Crippen LogP contribution >= 0.6 is 34.8 Å². The van der Waals surface area contributed by atoms with Gasteiger partial charge >= 0.3 is 18.0 Å². The number of ether oxygens (including phenoxy) is 3. The molecule has 0 aliphatic rings. The summed E-state index contributed by atoms with van der Waals surface area (Å²) in [5, 5.41) is 2.27. The molecule has 0 saturated carbocycles. The van der Waals surface area contributed by atoms with Gasteiger partial charge < -0.3 is 19.5 Å². The molecule has 0 fully saturated rings. The lowest BCUT2D eigenvalue weighted by Gasteiger charge is -2.23. The highest BCUT2D eigenvalue weighted by Gasteiger charge is 2.31. The van der Waals surface area contributed by atoms with Crippen molar-refractivity contribution in [3.8, 4) is 0 Å². The van der Waals surface area contributed by atoms with E-state index in [-0.39, 0.29) is 6.61 Å². The van der Waals surface area contributed by atoms with E-state index >= 15 is 0 Å². The Morgan fingerprint density at radius 3 is 2.18 bits per heavy atom. The van der Waals surface area contributed by atoms with E-state index < -0.39 is 46.5 Å². The zero-order chi connectivity index (χ0) is 21.4. The zero-order valence-corrected chi connectivity index (χ0v) is 17.9. The number of hydrogen-bond donors (Lipinski definition) is 1. The number of nitrogens with one attached hydrogen (secondary N) is 1. The van der Waals surface area contributed by atoms with Gasteiger partial charge in [-0.15, -0.1) is 0 Å². The van der Waals surface area contributed by atoms with E-state index in [2.05, 4.69) is 5.32 Å². The fourth-order valence-electron chi connectivity index (χ4n) is 1.86. The van der Waals surface area contributed by atoms with Gasteiger partial charge in [0.15, 0.2) is 0 Å². The Hall–Kier alpha value is -1.70. The number of carbonyl (C=O) groups excluding carboxylic acids is 3. The maximum Gasteiger partial charge on any atom is 0.408 e. The first kappa shape index (κ1) is 24.3. The van der Waals surface area contributed by atoms with Gasteiger partial charge in [-0.1, -0.05) is 65.1 Å². The summed E-state index contributed by atoms with van der Waals surface area (Å²) in [5.41, 5.74) is -0.0320. The van der Waals surface area contributed by atoms with Gasteiger partial charge in [-0.25, -0.2) is 9.59 Å². The van der Waals surface area contributed by atoms with Crippen LogP contribution in [0.5, 0.6) is 0 Å². The first-order valence-electron chi connectivity index (χ1n) is 8.28. The summed E-state index contributed by atoms with van der Waals surface area (Å²) in [6.07, 6.45) is -1.38. The molecule has 0 spiro atoms. The molecule has 1 N–H and O–H groups in total. The van der Waals surface area contributed by atoms with Gasteiger partial charge in [0.2, 0.25) is 3.79 Å². The molecule has 1 rings (SSSR count). The van der Waals surface area contributed by atoms with Crippen molar-refractivity contribution in [3.63, 3.8) is 0 Å². The number of esters is 2. The lowest BCUT2D eigenvalue weighted by molar-refractivity contribution is -0.153. The Labute approximate surface area is 178 Å². The summed E-state index contributed by atoms with van der Waals surface area (Å²) in [6.45, 7) is 4.41. The van der Waals surface area contributed by atoms with E-state index in [1.807, 2.05) is 6.07 Å². The molecule has 0 aliphatic heterocycles. The molecule has 1 aromatic rings. The maximum absolute atomic E-state index is 12.2. The van der Waals surface area contributed by atoms with Crippen LogP contribution in [-0.4, -0.2) is 40.1 Å². The van der Waals surface area contributed by atoms with Crippen molar-refractivity contribution in [2.24, 2.45) is 0 Å². The van der Waals surface area contributed by atoms with Crippen molar-refractivity contribution in [2.75, 3.05) is 6.61 Å². The standard InChI is InChI=1S/C18H22Cl3NO6/c1-17(2,3)28-16(25)22-13(15(24)27-11-18(19,20)21)9-14(23)26-10-12-7-5-4-6-8-12/h4-8,13H,9-11H2,1-3H3,(H,22,25)/t13-/m0/s1. The highest BCUT2D eigenvalue weighted by atomic mass is 35.6. The number of benzene rings is 1. The third kappa shape index (κ3) is 11.2. The van der Waals surface area contributed by atoms with Gasteiger partial charge in [-0.2, -0.15) is 0 Å². The summed E-state index contributed by atoms with van der Waals surface area (Å²) in [5.74, 6) is -1.69. The summed E-state index contributed by atoms with van der Waals surface area (Å²) < 4.78 is 13.2. The molecule has 10 heteroatoms. The maximum atomic E-state index is 12.2. The molecule has 0 bridgehead atoms. The molecule has 0 radical (unpaired) electrons. The van der Waals surface area contributed by atoms with Crippen LogP contribution in [0.2, 0.25) is 0 Å². The zero-order valence-electron chi connectivity index (χ0n) is 15.7. The number of amides is 1. The van der Waals surface area contributed by atoms with E-state index in [1.54, 1.807) is 45.0 Å². The van der Waals surface area contributed by atoms with Crippen molar-refractivity contribution < 1.29 is 28.6 Å². The Balaban J connectivity index is 2.71. The van der Waals surface area contributed by atoms with Crippen LogP contribution in [0.4, 0.5) is 4.79 Å². The number of rotatable bonds is 7. The molecule has 1 aromatic carbocycles. The lowest BCUT2D eigenvalue weighted by atomic mass is 10.2. The van der Waals surface area contributed by atoms with Crippen LogP contribution < -0.4 is 5.32 Å². The molecule has 0 unspecified atom stereocenters. The number of alkyl halides is 3. The van der Waals surface area contributed by atoms with Gasteiger partial charge in [0.1, 0.15) is 24.9 Å². The molecule has 7 nitrogen and oxygen atoms in total. The molecule has 0 saturated heterocycles. The van der Waals surface area contributed by atoms with Crippen LogP contribution in [0.3, 0.4) is 0 Å². The molecule has 0 aromatic heterocycles. The molecule has 156 valence electrons. The fourth-order valence-corrected chi connectivity index (χ4v) is 2.02. The highest BCUT2D eigenvalue weighted by Crippen LogP contribution is 2.26. The molecule has 28 heavy (non-hydrogen) atoms. The van der Waals surface area contributed by atoms with Gasteiger partial charge in [0.05, 0.1) is 6.42 Å². The summed E-state index contributed by atoms with van der Waals surface area (Å²) in [4.78, 5) is 36.3. The van der Waals surface area contributed by atoms with Crippen molar-refractivity contribution >= 4 is 52.8 Å². The number of carbonyl (C=O) groups is 3. The summed E-state index contributed by atoms with van der Waals surface area (Å²) >= 11 is 16.6. The Kier molecular flexibility index (Phi) is 9.33. The monoisotopic (exact) mass is 453 g/mol. The van der Waals surface area contributed by atoms with Gasteiger partial charge in [-0.05, 0) is 26.3 Å². The van der Waals surface area contributed by atoms with Crippen molar-refractivity contribution in [1.29, 1.82) is 0 Å². The second kappa shape index (κ2) is 10.7. The first-order valence-corrected chi connectivity index (χ1v) is 9.41. The minimum absolute atomic E-state index is 0.0159. The topological polar surface area (TPSA) is 90.9 Å². The quantitative estimate of drug-likeness (QED) is 0.381. The highest BCUT2D eigenvalue weighted by molar-refractivity contribution is 6.67. The van der Waals surface area contributed by atoms with Crippen LogP contribution in [0.25, 0.3) is 0 Å². The molecule has 0 heterocycles. The fraction of sp³-hybridized carbons (Fsp3) is 0.500. The Bertz CT molecular complexity index is 670. The van der Waals surface area contributed by atoms with E-state index in [9.17, 15) is 14.4 Å². The molecule has 1 atom stereocenters. The SMILES string of the molecule is CC(C)(C)OC(=O)N[C@@H](CC(=O)OCc1ccccc1)C(=O)OCC(Cl)(Cl)Cl. The lowest BCUT2D eigenvalue weighted by Crippen LogP contribution is -2.46. The molecule has 1 amide bonds. The second-order valence-corrected chi connectivity index (χ2v) is 9.29. The van der Waals surface area contributed by atoms with E-state index in [0.717, 1.165) is 5.56 Å². The van der Waals surface area contributed by atoms with Crippen molar-refractivity contribution in [3.05, 3.63) is 35.9 Å². The molecular formula is C18H22Cl3NO6. The van der Waals surface area contributed by atoms with Gasteiger partial charge in [0.25, 0.3) is 0 Å². The van der Waals surface area contributed by atoms with Gasteiger partial charge in [0, 0.05) is 0 Å². The minimum Gasteiger partial charge on any atom is -0.461 e. The largest absolute Gasteiger partial charge is 0.461 e. The Morgan fingerprint density at radius 2 is 1.64 bits per heavy atom. The van der Waals surface area contributed by atoms with E-state index in [0.29, 0.717) is 0 Å². The van der Waals surface area contributed by atoms with E-state index in [1.165, 1.54) is 0 Å². The van der Waals surface area contributed by atoms with Crippen LogP contribution in [0.1, 0.15) is 32.8 Å². The van der Waals surface area contributed by atoms with Crippen LogP contribution in [0.15, 0.2) is 30.3 Å². The van der Waals surface area contributed by atoms with Crippen LogP contribution in [0, 0.1) is 0 Å². The minimum atomic E-state index is -1.83. The number of hydrogen-bond acceptors (Lipinski definition) is 6. The molecule has 0 aliphatic carbocycles. The third-order valence-electron chi connectivity index (χ3n) is 2.97. The summed E-state index contributed by atoms with van der Waals surface area (Å²) in [6, 6.07) is 7.60. The number of halogens is 3. The van der Waals surface area contributed by atoms with Crippen molar-refractivity contribution in [1.82, 2.24) is 5.32 Å². The normalized spacial score (nSPS) is 12.6. The van der Waals surface area contributed by atoms with E-state index in [4.69, 9.17) is 49.0 Å². The average Bonchev–Trinajstić information content (AvgIpc) is 2.56. The number of alkyl carbamates (subject to hydrolysis) is 1. The van der Waals surface area contributed by atoms with Gasteiger partial charge in [-0.3, -0.25) is 4.79 Å². The predicted molar refractivity (Wildman–Crippen MR) is 105 cm³/mol. The predicted octanol–water partition coefficient (Wildman–Crippen LogP) is 3.93. The first-order chi connectivity index (χ1) is 12.9. The second-order valence-electron chi connectivity index (χ2n) is 6.77. The smallest absolute Gasteiger partial charge is 0.408 e. The Morgan fingerprint density at radius 1 is 1.04 bits per heavy atom.